The highest BCUT2D eigenvalue weighted by atomic mass is 16.2. The van der Waals surface area contributed by atoms with E-state index in [2.05, 4.69) is 7.05 Å². The van der Waals surface area contributed by atoms with Crippen LogP contribution >= 0.6 is 0 Å². The zero-order valence-corrected chi connectivity index (χ0v) is 7.33. The van der Waals surface area contributed by atoms with Crippen molar-refractivity contribution in [2.75, 3.05) is 18.6 Å². The predicted octanol–water partition coefficient (Wildman–Crippen LogP) is 1.45. The SMILES string of the molecule is [CH2]N(C)c1ccc(CCO)cc1. The molecule has 12 heavy (non-hydrogen) atoms. The van der Waals surface area contributed by atoms with Gasteiger partial charge >= 0.3 is 0 Å². The minimum absolute atomic E-state index is 0.208. The summed E-state index contributed by atoms with van der Waals surface area (Å²) in [5.41, 5.74) is 2.24. The van der Waals surface area contributed by atoms with E-state index in [1.54, 1.807) is 0 Å². The van der Waals surface area contributed by atoms with Crippen LogP contribution in [0.4, 0.5) is 5.69 Å². The van der Waals surface area contributed by atoms with E-state index in [-0.39, 0.29) is 6.61 Å². The highest BCUT2D eigenvalue weighted by Gasteiger charge is 1.94. The molecular weight excluding hydrogens is 150 g/mol. The Morgan fingerprint density at radius 3 is 2.33 bits per heavy atom. The minimum atomic E-state index is 0.208. The first-order chi connectivity index (χ1) is 5.74. The lowest BCUT2D eigenvalue weighted by molar-refractivity contribution is 0.299. The zero-order chi connectivity index (χ0) is 8.97. The van der Waals surface area contributed by atoms with Crippen molar-refractivity contribution in [3.8, 4) is 0 Å². The summed E-state index contributed by atoms with van der Waals surface area (Å²) in [4.78, 5) is 1.81. The summed E-state index contributed by atoms with van der Waals surface area (Å²) in [6.07, 6.45) is 0.723. The summed E-state index contributed by atoms with van der Waals surface area (Å²) >= 11 is 0. The van der Waals surface area contributed by atoms with Crippen molar-refractivity contribution in [3.63, 3.8) is 0 Å². The third-order valence-electron chi connectivity index (χ3n) is 1.78. The number of nitrogens with zero attached hydrogens (tertiary/aromatic N) is 1. The highest BCUT2D eigenvalue weighted by molar-refractivity contribution is 5.46. The number of aliphatic hydroxyl groups excluding tert-OH is 1. The van der Waals surface area contributed by atoms with E-state index in [9.17, 15) is 0 Å². The van der Waals surface area contributed by atoms with Gasteiger partial charge < -0.3 is 10.0 Å². The van der Waals surface area contributed by atoms with Gasteiger partial charge in [0.05, 0.1) is 0 Å². The van der Waals surface area contributed by atoms with Crippen molar-refractivity contribution >= 4 is 5.69 Å². The molecule has 0 aliphatic heterocycles. The standard InChI is InChI=1S/C10H14NO/c1-11(2)10-5-3-9(4-6-10)7-8-12/h3-6,12H,1,7-8H2,2H3. The van der Waals surface area contributed by atoms with Crippen LogP contribution in [-0.4, -0.2) is 18.8 Å². The molecule has 0 atom stereocenters. The maximum atomic E-state index is 8.68. The van der Waals surface area contributed by atoms with Crippen LogP contribution in [0, 0.1) is 7.05 Å². The fraction of sp³-hybridized carbons (Fsp3) is 0.300. The average molecular weight is 164 g/mol. The first-order valence-electron chi connectivity index (χ1n) is 3.98. The number of anilines is 1. The van der Waals surface area contributed by atoms with E-state index >= 15 is 0 Å². The second-order valence-corrected chi connectivity index (χ2v) is 2.84. The van der Waals surface area contributed by atoms with Crippen LogP contribution in [0.25, 0.3) is 0 Å². The van der Waals surface area contributed by atoms with Crippen molar-refractivity contribution < 1.29 is 5.11 Å². The van der Waals surface area contributed by atoms with Crippen LogP contribution in [0.3, 0.4) is 0 Å². The molecule has 0 amide bonds. The zero-order valence-electron chi connectivity index (χ0n) is 7.33. The van der Waals surface area contributed by atoms with Crippen LogP contribution in [-0.2, 0) is 6.42 Å². The summed E-state index contributed by atoms with van der Waals surface area (Å²) in [6.45, 7) is 0.208. The first-order valence-corrected chi connectivity index (χ1v) is 3.98. The summed E-state index contributed by atoms with van der Waals surface area (Å²) in [6, 6.07) is 8.01. The molecule has 0 saturated heterocycles. The number of hydrogen-bond acceptors (Lipinski definition) is 2. The third kappa shape index (κ3) is 2.24. The molecule has 2 nitrogen and oxygen atoms in total. The molecule has 2 heteroatoms. The van der Waals surface area contributed by atoms with Gasteiger partial charge in [-0.1, -0.05) is 12.1 Å². The van der Waals surface area contributed by atoms with Gasteiger partial charge in [0.2, 0.25) is 0 Å². The van der Waals surface area contributed by atoms with Gasteiger partial charge in [0.1, 0.15) is 0 Å². The van der Waals surface area contributed by atoms with Crippen molar-refractivity contribution in [1.82, 2.24) is 0 Å². The second kappa shape index (κ2) is 4.12. The Bertz CT molecular complexity index is 228. The molecule has 0 heterocycles. The summed E-state index contributed by atoms with van der Waals surface area (Å²) in [5.74, 6) is 0. The molecule has 0 bridgehead atoms. The highest BCUT2D eigenvalue weighted by Crippen LogP contribution is 2.12. The Morgan fingerprint density at radius 1 is 1.33 bits per heavy atom. The smallest absolute Gasteiger partial charge is 0.0471 e. The lowest BCUT2D eigenvalue weighted by Crippen LogP contribution is -2.04. The Morgan fingerprint density at radius 2 is 1.92 bits per heavy atom. The molecule has 1 radical (unpaired) electrons. The van der Waals surface area contributed by atoms with E-state index < -0.39 is 0 Å². The van der Waals surface area contributed by atoms with Crippen LogP contribution in [0.15, 0.2) is 24.3 Å². The normalized spacial score (nSPS) is 9.92. The molecule has 65 valence electrons. The van der Waals surface area contributed by atoms with Gasteiger partial charge in [0, 0.05) is 26.4 Å². The topological polar surface area (TPSA) is 23.5 Å². The molecule has 0 spiro atoms. The van der Waals surface area contributed by atoms with Crippen LogP contribution < -0.4 is 4.90 Å². The van der Waals surface area contributed by atoms with E-state index in [1.807, 2.05) is 36.2 Å². The number of hydrogen-bond donors (Lipinski definition) is 1. The van der Waals surface area contributed by atoms with Crippen LogP contribution in [0.2, 0.25) is 0 Å². The number of aliphatic hydroxyl groups is 1. The molecule has 1 aromatic carbocycles. The molecule has 0 aliphatic rings. The molecule has 0 aliphatic carbocycles. The molecule has 0 unspecified atom stereocenters. The fourth-order valence-electron chi connectivity index (χ4n) is 1.05. The maximum Gasteiger partial charge on any atom is 0.0471 e. The van der Waals surface area contributed by atoms with Crippen molar-refractivity contribution in [1.29, 1.82) is 0 Å². The molecule has 0 saturated carbocycles. The largest absolute Gasteiger partial charge is 0.396 e. The van der Waals surface area contributed by atoms with Gasteiger partial charge in [-0.3, -0.25) is 0 Å². The van der Waals surface area contributed by atoms with Gasteiger partial charge in [-0.2, -0.15) is 0 Å². The van der Waals surface area contributed by atoms with Gasteiger partial charge in [0.15, 0.2) is 0 Å². The predicted molar refractivity (Wildman–Crippen MR) is 51.0 cm³/mol. The molecule has 0 aromatic heterocycles. The van der Waals surface area contributed by atoms with Gasteiger partial charge in [-0.25, -0.2) is 0 Å². The number of rotatable bonds is 3. The number of benzene rings is 1. The Kier molecular flexibility index (Phi) is 3.11. The summed E-state index contributed by atoms with van der Waals surface area (Å²) < 4.78 is 0. The van der Waals surface area contributed by atoms with Gasteiger partial charge in [-0.15, -0.1) is 0 Å². The van der Waals surface area contributed by atoms with E-state index in [1.165, 1.54) is 0 Å². The molecule has 1 rings (SSSR count). The van der Waals surface area contributed by atoms with Crippen molar-refractivity contribution in [3.05, 3.63) is 36.9 Å². The minimum Gasteiger partial charge on any atom is -0.396 e. The lowest BCUT2D eigenvalue weighted by atomic mass is 10.1. The molecular formula is C10H14NO. The third-order valence-corrected chi connectivity index (χ3v) is 1.78. The van der Waals surface area contributed by atoms with E-state index in [0.717, 1.165) is 17.7 Å². The Labute approximate surface area is 73.4 Å². The van der Waals surface area contributed by atoms with Gasteiger partial charge in [0.25, 0.3) is 0 Å². The second-order valence-electron chi connectivity index (χ2n) is 2.84. The van der Waals surface area contributed by atoms with Crippen LogP contribution in [0.1, 0.15) is 5.56 Å². The van der Waals surface area contributed by atoms with Crippen molar-refractivity contribution in [2.45, 2.75) is 6.42 Å². The molecule has 1 aromatic rings. The lowest BCUT2D eigenvalue weighted by Gasteiger charge is -2.11. The van der Waals surface area contributed by atoms with E-state index in [4.69, 9.17) is 5.11 Å². The summed E-state index contributed by atoms with van der Waals surface area (Å²) in [7, 11) is 5.67. The Balaban J connectivity index is 2.71. The van der Waals surface area contributed by atoms with Crippen LogP contribution in [0.5, 0.6) is 0 Å². The van der Waals surface area contributed by atoms with Crippen molar-refractivity contribution in [2.24, 2.45) is 0 Å². The molecule has 1 N–H and O–H groups in total. The average Bonchev–Trinajstić information content (AvgIpc) is 2.06. The molecule has 0 fully saturated rings. The van der Waals surface area contributed by atoms with E-state index in [0.29, 0.717) is 0 Å². The first kappa shape index (κ1) is 9.07. The fourth-order valence-corrected chi connectivity index (χ4v) is 1.05. The quantitative estimate of drug-likeness (QED) is 0.731. The Hall–Kier alpha value is -1.02. The maximum absolute atomic E-state index is 8.68. The van der Waals surface area contributed by atoms with Gasteiger partial charge in [-0.05, 0) is 24.1 Å². The monoisotopic (exact) mass is 164 g/mol. The summed E-state index contributed by atoms with van der Waals surface area (Å²) in [5, 5.41) is 8.68.